The minimum Gasteiger partial charge on any atom is -0.322 e. The number of carbonyl (C=O) groups is 1. The van der Waals surface area contributed by atoms with Gasteiger partial charge in [-0.1, -0.05) is 11.6 Å². The minimum absolute atomic E-state index is 0.186. The van der Waals surface area contributed by atoms with E-state index in [0.29, 0.717) is 11.1 Å². The standard InChI is InChI=1S/C14H10ClF2NO/c1-8-4-10(16)2-3-13(8)14(19)18-12-6-9(15)5-11(17)7-12/h2-7H,1H3,(H,18,19). The van der Waals surface area contributed by atoms with Gasteiger partial charge in [0, 0.05) is 16.3 Å². The largest absolute Gasteiger partial charge is 0.322 e. The number of carbonyl (C=O) groups excluding carboxylic acids is 1. The predicted molar refractivity (Wildman–Crippen MR) is 70.5 cm³/mol. The molecule has 0 aromatic heterocycles. The summed E-state index contributed by atoms with van der Waals surface area (Å²) in [7, 11) is 0. The Morgan fingerprint density at radius 2 is 1.84 bits per heavy atom. The number of benzene rings is 2. The Morgan fingerprint density at radius 1 is 1.11 bits per heavy atom. The Hall–Kier alpha value is -1.94. The fourth-order valence-electron chi connectivity index (χ4n) is 1.71. The number of rotatable bonds is 2. The minimum atomic E-state index is -0.543. The Kier molecular flexibility index (Phi) is 3.81. The quantitative estimate of drug-likeness (QED) is 0.879. The molecule has 19 heavy (non-hydrogen) atoms. The third kappa shape index (κ3) is 3.29. The average molecular weight is 282 g/mol. The second kappa shape index (κ2) is 5.36. The molecule has 5 heteroatoms. The molecule has 0 aliphatic rings. The van der Waals surface area contributed by atoms with Gasteiger partial charge < -0.3 is 5.32 Å². The highest BCUT2D eigenvalue weighted by Gasteiger charge is 2.10. The monoisotopic (exact) mass is 281 g/mol. The summed E-state index contributed by atoms with van der Waals surface area (Å²) in [6.45, 7) is 1.62. The molecule has 98 valence electrons. The van der Waals surface area contributed by atoms with Gasteiger partial charge in [0.2, 0.25) is 0 Å². The molecule has 0 aliphatic carbocycles. The molecule has 0 heterocycles. The third-order valence-corrected chi connectivity index (χ3v) is 2.77. The van der Waals surface area contributed by atoms with E-state index < -0.39 is 17.5 Å². The SMILES string of the molecule is Cc1cc(F)ccc1C(=O)Nc1cc(F)cc(Cl)c1. The molecule has 2 nitrogen and oxygen atoms in total. The van der Waals surface area contributed by atoms with Gasteiger partial charge in [-0.2, -0.15) is 0 Å². The lowest BCUT2D eigenvalue weighted by molar-refractivity contribution is 0.102. The van der Waals surface area contributed by atoms with E-state index in [-0.39, 0.29) is 10.7 Å². The second-order valence-electron chi connectivity index (χ2n) is 4.07. The molecule has 0 saturated carbocycles. The number of halogens is 3. The second-order valence-corrected chi connectivity index (χ2v) is 4.51. The molecular formula is C14H10ClF2NO. The fraction of sp³-hybridized carbons (Fsp3) is 0.0714. The molecule has 0 saturated heterocycles. The van der Waals surface area contributed by atoms with Crippen LogP contribution in [0.3, 0.4) is 0 Å². The maximum absolute atomic E-state index is 13.1. The van der Waals surface area contributed by atoms with Gasteiger partial charge in [-0.25, -0.2) is 8.78 Å². The first-order chi connectivity index (χ1) is 8.95. The summed E-state index contributed by atoms with van der Waals surface area (Å²) in [6, 6.07) is 7.55. The van der Waals surface area contributed by atoms with E-state index >= 15 is 0 Å². The first-order valence-electron chi connectivity index (χ1n) is 5.49. The highest BCUT2D eigenvalue weighted by Crippen LogP contribution is 2.19. The summed E-state index contributed by atoms with van der Waals surface area (Å²) in [5.74, 6) is -1.40. The Morgan fingerprint density at radius 3 is 2.47 bits per heavy atom. The molecule has 2 rings (SSSR count). The lowest BCUT2D eigenvalue weighted by Gasteiger charge is -2.08. The van der Waals surface area contributed by atoms with Crippen molar-refractivity contribution in [2.45, 2.75) is 6.92 Å². The van der Waals surface area contributed by atoms with E-state index in [4.69, 9.17) is 11.6 Å². The van der Waals surface area contributed by atoms with Crippen LogP contribution in [0.2, 0.25) is 5.02 Å². The summed E-state index contributed by atoms with van der Waals surface area (Å²) in [6.07, 6.45) is 0. The van der Waals surface area contributed by atoms with Crippen LogP contribution >= 0.6 is 11.6 Å². The number of nitrogens with one attached hydrogen (secondary N) is 1. The van der Waals surface area contributed by atoms with Gasteiger partial charge in [0.25, 0.3) is 5.91 Å². The van der Waals surface area contributed by atoms with Crippen LogP contribution in [0.1, 0.15) is 15.9 Å². The zero-order chi connectivity index (χ0) is 14.0. The van der Waals surface area contributed by atoms with Gasteiger partial charge in [0.1, 0.15) is 11.6 Å². The summed E-state index contributed by atoms with van der Waals surface area (Å²) in [5.41, 5.74) is 1.07. The average Bonchev–Trinajstić information content (AvgIpc) is 2.26. The molecular weight excluding hydrogens is 272 g/mol. The summed E-state index contributed by atoms with van der Waals surface area (Å²) >= 11 is 5.69. The van der Waals surface area contributed by atoms with Gasteiger partial charge in [-0.15, -0.1) is 0 Å². The molecule has 0 unspecified atom stereocenters. The van der Waals surface area contributed by atoms with Crippen LogP contribution in [0.4, 0.5) is 14.5 Å². The Balaban J connectivity index is 2.25. The molecule has 2 aromatic rings. The number of anilines is 1. The van der Waals surface area contributed by atoms with Crippen molar-refractivity contribution in [1.82, 2.24) is 0 Å². The lowest BCUT2D eigenvalue weighted by Crippen LogP contribution is -2.13. The first kappa shape index (κ1) is 13.5. The lowest BCUT2D eigenvalue weighted by atomic mass is 10.1. The van der Waals surface area contributed by atoms with Gasteiger partial charge in [0.05, 0.1) is 0 Å². The van der Waals surface area contributed by atoms with E-state index in [1.807, 2.05) is 0 Å². The molecule has 0 bridgehead atoms. The number of hydrogen-bond donors (Lipinski definition) is 1. The van der Waals surface area contributed by atoms with Crippen LogP contribution in [-0.2, 0) is 0 Å². The van der Waals surface area contributed by atoms with Crippen molar-refractivity contribution in [3.63, 3.8) is 0 Å². The summed E-state index contributed by atoms with van der Waals surface area (Å²) in [5, 5.41) is 2.70. The first-order valence-corrected chi connectivity index (χ1v) is 5.87. The molecule has 0 fully saturated rings. The summed E-state index contributed by atoms with van der Waals surface area (Å²) in [4.78, 5) is 12.0. The summed E-state index contributed by atoms with van der Waals surface area (Å²) < 4.78 is 26.1. The van der Waals surface area contributed by atoms with Gasteiger partial charge in [-0.05, 0) is 48.9 Å². The zero-order valence-electron chi connectivity index (χ0n) is 10.0. The predicted octanol–water partition coefficient (Wildman–Crippen LogP) is 4.18. The third-order valence-electron chi connectivity index (χ3n) is 2.55. The van der Waals surface area contributed by atoms with Gasteiger partial charge in [0.15, 0.2) is 0 Å². The number of hydrogen-bond acceptors (Lipinski definition) is 1. The molecule has 0 radical (unpaired) electrons. The molecule has 0 spiro atoms. The maximum atomic E-state index is 13.1. The Bertz CT molecular complexity index is 623. The van der Waals surface area contributed by atoms with Crippen molar-refractivity contribution in [1.29, 1.82) is 0 Å². The van der Waals surface area contributed by atoms with Crippen molar-refractivity contribution in [3.8, 4) is 0 Å². The van der Waals surface area contributed by atoms with Crippen molar-refractivity contribution >= 4 is 23.2 Å². The smallest absolute Gasteiger partial charge is 0.255 e. The molecule has 1 N–H and O–H groups in total. The van der Waals surface area contributed by atoms with Gasteiger partial charge in [-0.3, -0.25) is 4.79 Å². The van der Waals surface area contributed by atoms with Crippen LogP contribution in [0.5, 0.6) is 0 Å². The van der Waals surface area contributed by atoms with Gasteiger partial charge >= 0.3 is 0 Å². The van der Waals surface area contributed by atoms with Crippen LogP contribution in [0, 0.1) is 18.6 Å². The van der Waals surface area contributed by atoms with Crippen LogP contribution < -0.4 is 5.32 Å². The van der Waals surface area contributed by atoms with Crippen molar-refractivity contribution in [2.75, 3.05) is 5.32 Å². The number of amides is 1. The van der Waals surface area contributed by atoms with E-state index in [2.05, 4.69) is 5.32 Å². The van der Waals surface area contributed by atoms with E-state index in [1.165, 1.54) is 24.3 Å². The molecule has 1 amide bonds. The number of aryl methyl sites for hydroxylation is 1. The molecule has 0 aliphatic heterocycles. The molecule has 2 aromatic carbocycles. The van der Waals surface area contributed by atoms with Crippen LogP contribution in [0.25, 0.3) is 0 Å². The highest BCUT2D eigenvalue weighted by molar-refractivity contribution is 6.31. The van der Waals surface area contributed by atoms with Crippen molar-refractivity contribution < 1.29 is 13.6 Å². The zero-order valence-corrected chi connectivity index (χ0v) is 10.8. The van der Waals surface area contributed by atoms with E-state index in [1.54, 1.807) is 6.92 Å². The normalized spacial score (nSPS) is 10.3. The van der Waals surface area contributed by atoms with Crippen molar-refractivity contribution in [2.24, 2.45) is 0 Å². The topological polar surface area (TPSA) is 29.1 Å². The molecule has 0 atom stereocenters. The highest BCUT2D eigenvalue weighted by atomic mass is 35.5. The Labute approximate surface area is 114 Å². The van der Waals surface area contributed by atoms with E-state index in [9.17, 15) is 13.6 Å². The van der Waals surface area contributed by atoms with Crippen molar-refractivity contribution in [3.05, 3.63) is 64.2 Å². The van der Waals surface area contributed by atoms with Crippen LogP contribution in [-0.4, -0.2) is 5.91 Å². The fourth-order valence-corrected chi connectivity index (χ4v) is 1.93. The van der Waals surface area contributed by atoms with E-state index in [0.717, 1.165) is 12.1 Å². The maximum Gasteiger partial charge on any atom is 0.255 e. The van der Waals surface area contributed by atoms with Crippen LogP contribution in [0.15, 0.2) is 36.4 Å².